The molecule has 0 saturated carbocycles. The zero-order chi connectivity index (χ0) is 14.6. The lowest BCUT2D eigenvalue weighted by atomic mass is 10.1. The molecule has 108 valence electrons. The van der Waals surface area contributed by atoms with Gasteiger partial charge >= 0.3 is 0 Å². The molecule has 20 heavy (non-hydrogen) atoms. The second-order valence-corrected chi connectivity index (χ2v) is 6.19. The van der Waals surface area contributed by atoms with Gasteiger partial charge in [-0.2, -0.15) is 0 Å². The molecule has 1 unspecified atom stereocenters. The van der Waals surface area contributed by atoms with Crippen molar-refractivity contribution < 1.29 is 17.6 Å². The Morgan fingerprint density at radius 3 is 2.70 bits per heavy atom. The summed E-state index contributed by atoms with van der Waals surface area (Å²) in [6.07, 6.45) is 3.73. The van der Waals surface area contributed by atoms with E-state index in [0.29, 0.717) is 12.2 Å². The predicted octanol–water partition coefficient (Wildman–Crippen LogP) is 2.20. The molecule has 0 bridgehead atoms. The van der Waals surface area contributed by atoms with E-state index in [-0.39, 0.29) is 10.9 Å². The molecular weight excluding hydrogens is 278 g/mol. The summed E-state index contributed by atoms with van der Waals surface area (Å²) in [6.45, 7) is 1.81. The minimum Gasteiger partial charge on any atom is -0.495 e. The number of rotatable bonds is 6. The molecule has 6 heteroatoms. The van der Waals surface area contributed by atoms with Crippen molar-refractivity contribution in [3.8, 4) is 5.75 Å². The van der Waals surface area contributed by atoms with E-state index in [2.05, 4.69) is 4.72 Å². The fourth-order valence-electron chi connectivity index (χ4n) is 1.97. The van der Waals surface area contributed by atoms with Gasteiger partial charge in [0.15, 0.2) is 0 Å². The first-order valence-electron chi connectivity index (χ1n) is 6.19. The summed E-state index contributed by atoms with van der Waals surface area (Å²) in [5, 5.41) is 0. The molecule has 1 heterocycles. The van der Waals surface area contributed by atoms with Crippen LogP contribution in [0, 0.1) is 0 Å². The first-order chi connectivity index (χ1) is 9.53. The van der Waals surface area contributed by atoms with E-state index in [4.69, 9.17) is 9.15 Å². The average Bonchev–Trinajstić information content (AvgIpc) is 2.90. The van der Waals surface area contributed by atoms with E-state index in [9.17, 15) is 8.42 Å². The van der Waals surface area contributed by atoms with Gasteiger partial charge in [0.25, 0.3) is 0 Å². The fourth-order valence-corrected chi connectivity index (χ4v) is 3.39. The molecule has 2 aromatic rings. The lowest BCUT2D eigenvalue weighted by Gasteiger charge is -2.15. The second kappa shape index (κ2) is 6.11. The average molecular weight is 295 g/mol. The van der Waals surface area contributed by atoms with Gasteiger partial charge in [-0.15, -0.1) is 0 Å². The minimum atomic E-state index is -3.61. The number of benzene rings is 1. The second-order valence-electron chi connectivity index (χ2n) is 4.51. The van der Waals surface area contributed by atoms with Crippen LogP contribution in [0.5, 0.6) is 5.75 Å². The largest absolute Gasteiger partial charge is 0.495 e. The van der Waals surface area contributed by atoms with Gasteiger partial charge in [-0.3, -0.25) is 0 Å². The quantitative estimate of drug-likeness (QED) is 0.887. The summed E-state index contributed by atoms with van der Waals surface area (Å²) in [5.41, 5.74) is 0.945. The molecule has 0 aliphatic rings. The molecule has 0 saturated heterocycles. The Balaban J connectivity index is 2.14. The van der Waals surface area contributed by atoms with Crippen LogP contribution in [0.25, 0.3) is 0 Å². The maximum absolute atomic E-state index is 12.3. The first kappa shape index (κ1) is 14.6. The van der Waals surface area contributed by atoms with Crippen molar-refractivity contribution in [2.75, 3.05) is 7.11 Å². The van der Waals surface area contributed by atoms with E-state index in [1.54, 1.807) is 37.6 Å². The highest BCUT2D eigenvalue weighted by atomic mass is 32.2. The predicted molar refractivity (Wildman–Crippen MR) is 75.2 cm³/mol. The Labute approximate surface area is 118 Å². The Kier molecular flexibility index (Phi) is 4.46. The number of nitrogens with one attached hydrogen (secondary N) is 1. The van der Waals surface area contributed by atoms with Crippen LogP contribution < -0.4 is 9.46 Å². The van der Waals surface area contributed by atoms with Crippen molar-refractivity contribution in [1.82, 2.24) is 4.72 Å². The summed E-state index contributed by atoms with van der Waals surface area (Å²) < 4.78 is 37.4. The zero-order valence-corrected chi connectivity index (χ0v) is 12.2. The normalized spacial score (nSPS) is 13.1. The van der Waals surface area contributed by atoms with E-state index in [1.165, 1.54) is 13.2 Å². The molecule has 0 spiro atoms. The highest BCUT2D eigenvalue weighted by molar-refractivity contribution is 7.89. The summed E-state index contributed by atoms with van der Waals surface area (Å²) in [5.74, 6) is 0.329. The van der Waals surface area contributed by atoms with E-state index in [1.807, 2.05) is 6.07 Å². The number of hydrogen-bond donors (Lipinski definition) is 1. The Morgan fingerprint density at radius 2 is 2.05 bits per heavy atom. The number of furan rings is 1. The molecule has 1 aromatic heterocycles. The van der Waals surface area contributed by atoms with Crippen LogP contribution in [-0.4, -0.2) is 21.6 Å². The van der Waals surface area contributed by atoms with Gasteiger partial charge in [0, 0.05) is 6.04 Å². The topological polar surface area (TPSA) is 68.5 Å². The molecule has 1 N–H and O–H groups in total. The third kappa shape index (κ3) is 3.40. The Morgan fingerprint density at radius 1 is 1.30 bits per heavy atom. The molecule has 1 atom stereocenters. The zero-order valence-electron chi connectivity index (χ0n) is 11.4. The highest BCUT2D eigenvalue weighted by Crippen LogP contribution is 2.23. The van der Waals surface area contributed by atoms with Crippen LogP contribution in [-0.2, 0) is 16.4 Å². The van der Waals surface area contributed by atoms with Gasteiger partial charge < -0.3 is 9.15 Å². The maximum atomic E-state index is 12.3. The summed E-state index contributed by atoms with van der Waals surface area (Å²) in [6, 6.07) is 8.10. The van der Waals surface area contributed by atoms with Gasteiger partial charge in [-0.05, 0) is 37.1 Å². The molecule has 2 rings (SSSR count). The molecule has 5 nitrogen and oxygen atoms in total. The van der Waals surface area contributed by atoms with Crippen LogP contribution in [0.3, 0.4) is 0 Å². The van der Waals surface area contributed by atoms with Crippen LogP contribution in [0.1, 0.15) is 12.5 Å². The number of hydrogen-bond acceptors (Lipinski definition) is 4. The molecule has 0 aliphatic heterocycles. The van der Waals surface area contributed by atoms with Crippen LogP contribution in [0.4, 0.5) is 0 Å². The number of methoxy groups -OCH3 is 1. The van der Waals surface area contributed by atoms with Gasteiger partial charge in [0.05, 0.1) is 19.6 Å². The van der Waals surface area contributed by atoms with Crippen molar-refractivity contribution in [3.05, 3.63) is 48.4 Å². The van der Waals surface area contributed by atoms with E-state index >= 15 is 0 Å². The van der Waals surface area contributed by atoms with Crippen LogP contribution in [0.15, 0.2) is 52.2 Å². The molecule has 0 fully saturated rings. The fraction of sp³-hybridized carbons (Fsp3) is 0.286. The Bertz CT molecular complexity index is 650. The van der Waals surface area contributed by atoms with Crippen molar-refractivity contribution in [2.24, 2.45) is 0 Å². The van der Waals surface area contributed by atoms with Gasteiger partial charge in [0.1, 0.15) is 10.6 Å². The van der Waals surface area contributed by atoms with Gasteiger partial charge in [0.2, 0.25) is 10.0 Å². The lowest BCUT2D eigenvalue weighted by Crippen LogP contribution is -2.34. The third-order valence-electron chi connectivity index (χ3n) is 2.84. The van der Waals surface area contributed by atoms with Gasteiger partial charge in [-0.25, -0.2) is 13.1 Å². The van der Waals surface area contributed by atoms with E-state index < -0.39 is 10.0 Å². The summed E-state index contributed by atoms with van der Waals surface area (Å²) in [4.78, 5) is 0.140. The monoisotopic (exact) mass is 295 g/mol. The van der Waals surface area contributed by atoms with E-state index in [0.717, 1.165) is 5.56 Å². The Hall–Kier alpha value is -1.79. The van der Waals surface area contributed by atoms with Crippen LogP contribution in [0.2, 0.25) is 0 Å². The summed E-state index contributed by atoms with van der Waals surface area (Å²) >= 11 is 0. The molecular formula is C14H17NO4S. The maximum Gasteiger partial charge on any atom is 0.244 e. The third-order valence-corrected chi connectivity index (χ3v) is 4.47. The van der Waals surface area contributed by atoms with Gasteiger partial charge in [-0.1, -0.05) is 12.1 Å². The lowest BCUT2D eigenvalue weighted by molar-refractivity contribution is 0.402. The standard InChI is InChI=1S/C14H17NO4S/c1-11(9-12-7-8-19-10-12)15-20(16,17)14-6-4-3-5-13(14)18-2/h3-8,10-11,15H,9H2,1-2H3. The summed E-state index contributed by atoms with van der Waals surface area (Å²) in [7, 11) is -2.16. The highest BCUT2D eigenvalue weighted by Gasteiger charge is 2.21. The number of sulfonamides is 1. The molecule has 0 radical (unpaired) electrons. The molecule has 1 aromatic carbocycles. The van der Waals surface area contributed by atoms with Crippen molar-refractivity contribution >= 4 is 10.0 Å². The van der Waals surface area contributed by atoms with Crippen LogP contribution >= 0.6 is 0 Å². The molecule has 0 aliphatic carbocycles. The number of para-hydroxylation sites is 1. The molecule has 0 amide bonds. The first-order valence-corrected chi connectivity index (χ1v) is 7.67. The van der Waals surface area contributed by atoms with Crippen molar-refractivity contribution in [3.63, 3.8) is 0 Å². The van der Waals surface area contributed by atoms with Crippen molar-refractivity contribution in [2.45, 2.75) is 24.3 Å². The minimum absolute atomic E-state index is 0.140. The SMILES string of the molecule is COc1ccccc1S(=O)(=O)NC(C)Cc1ccoc1. The van der Waals surface area contributed by atoms with Crippen molar-refractivity contribution in [1.29, 1.82) is 0 Å². The smallest absolute Gasteiger partial charge is 0.244 e. The number of ether oxygens (including phenoxy) is 1.